The van der Waals surface area contributed by atoms with Crippen LogP contribution in [-0.2, 0) is 13.0 Å². The molecule has 0 spiro atoms. The molecule has 5 rings (SSSR count). The van der Waals surface area contributed by atoms with Crippen molar-refractivity contribution in [3.8, 4) is 17.0 Å². The fourth-order valence-corrected chi connectivity index (χ4v) is 3.73. The van der Waals surface area contributed by atoms with Crippen LogP contribution in [0.1, 0.15) is 16.8 Å². The first kappa shape index (κ1) is 19.3. The normalized spacial score (nSPS) is 11.0. The van der Waals surface area contributed by atoms with E-state index in [2.05, 4.69) is 32.3 Å². The zero-order chi connectivity index (χ0) is 21.0. The second kappa shape index (κ2) is 8.58. The monoisotopic (exact) mass is 426 g/mol. The Morgan fingerprint density at radius 1 is 0.935 bits per heavy atom. The van der Waals surface area contributed by atoms with Gasteiger partial charge < -0.3 is 4.74 Å². The number of rotatable bonds is 6. The molecular weight excluding hydrogens is 408 g/mol. The van der Waals surface area contributed by atoms with Crippen molar-refractivity contribution in [2.45, 2.75) is 13.0 Å². The van der Waals surface area contributed by atoms with Gasteiger partial charge in [-0.15, -0.1) is 0 Å². The van der Waals surface area contributed by atoms with Crippen LogP contribution < -0.4 is 4.74 Å². The Balaban J connectivity index is 1.28. The number of aromatic nitrogens is 4. The highest BCUT2D eigenvalue weighted by atomic mass is 35.5. The van der Waals surface area contributed by atoms with Gasteiger partial charge in [-0.1, -0.05) is 35.9 Å². The summed E-state index contributed by atoms with van der Waals surface area (Å²) in [5.41, 5.74) is 6.08. The van der Waals surface area contributed by atoms with E-state index < -0.39 is 0 Å². The van der Waals surface area contributed by atoms with Crippen LogP contribution in [0.2, 0.25) is 5.15 Å². The van der Waals surface area contributed by atoms with E-state index in [9.17, 15) is 0 Å². The predicted octanol–water partition coefficient (Wildman–Crippen LogP) is 5.84. The molecule has 6 heteroatoms. The number of benzene rings is 2. The number of para-hydroxylation sites is 1. The molecule has 152 valence electrons. The summed E-state index contributed by atoms with van der Waals surface area (Å²) in [5, 5.41) is 8.94. The summed E-state index contributed by atoms with van der Waals surface area (Å²) >= 11 is 6.01. The maximum Gasteiger partial charge on any atom is 0.130 e. The molecule has 0 bridgehead atoms. The molecule has 0 fully saturated rings. The standard InChI is InChI=1S/C25H19ClN4O/c26-24-14-17(11-12-27-24)13-20-15-28-30-25(20)19-6-9-22(10-7-19)31-16-21-8-5-18-3-1-2-4-23(18)29-21/h1-12,14-15H,13,16H2,(H,28,30). The number of aromatic amines is 1. The number of fused-ring (bicyclic) bond motifs is 1. The Labute approximate surface area is 184 Å². The number of hydrogen-bond donors (Lipinski definition) is 1. The van der Waals surface area contributed by atoms with Crippen LogP contribution in [0.25, 0.3) is 22.2 Å². The van der Waals surface area contributed by atoms with Gasteiger partial charge in [0.25, 0.3) is 0 Å². The summed E-state index contributed by atoms with van der Waals surface area (Å²) < 4.78 is 5.94. The molecule has 3 aromatic heterocycles. The molecule has 5 nitrogen and oxygen atoms in total. The topological polar surface area (TPSA) is 63.7 Å². The van der Waals surface area contributed by atoms with Gasteiger partial charge in [0.2, 0.25) is 0 Å². The molecule has 2 aromatic carbocycles. The van der Waals surface area contributed by atoms with Gasteiger partial charge in [0.05, 0.1) is 23.1 Å². The van der Waals surface area contributed by atoms with E-state index >= 15 is 0 Å². The van der Waals surface area contributed by atoms with E-state index in [0.717, 1.165) is 51.2 Å². The molecule has 5 aromatic rings. The van der Waals surface area contributed by atoms with Gasteiger partial charge in [-0.3, -0.25) is 5.10 Å². The van der Waals surface area contributed by atoms with E-state index in [1.807, 2.05) is 66.9 Å². The average Bonchev–Trinajstić information content (AvgIpc) is 3.26. The Morgan fingerprint density at radius 3 is 2.68 bits per heavy atom. The van der Waals surface area contributed by atoms with Crippen molar-refractivity contribution in [1.82, 2.24) is 20.2 Å². The maximum atomic E-state index is 6.01. The molecule has 1 N–H and O–H groups in total. The lowest BCUT2D eigenvalue weighted by molar-refractivity contribution is 0.302. The summed E-state index contributed by atoms with van der Waals surface area (Å²) in [6.45, 7) is 0.419. The van der Waals surface area contributed by atoms with E-state index in [0.29, 0.717) is 11.8 Å². The molecule has 3 heterocycles. The maximum absolute atomic E-state index is 6.01. The lowest BCUT2D eigenvalue weighted by Crippen LogP contribution is -1.98. The fraction of sp³-hybridized carbons (Fsp3) is 0.0800. The number of halogens is 1. The van der Waals surface area contributed by atoms with Crippen molar-refractivity contribution in [3.63, 3.8) is 0 Å². The lowest BCUT2D eigenvalue weighted by atomic mass is 10.0. The van der Waals surface area contributed by atoms with Crippen LogP contribution in [0.15, 0.2) is 85.2 Å². The number of H-pyrrole nitrogens is 1. The third-order valence-corrected chi connectivity index (χ3v) is 5.30. The van der Waals surface area contributed by atoms with Gasteiger partial charge in [0, 0.05) is 29.1 Å². The number of ether oxygens (including phenoxy) is 1. The molecule has 0 saturated heterocycles. The second-order valence-corrected chi connectivity index (χ2v) is 7.63. The van der Waals surface area contributed by atoms with Gasteiger partial charge >= 0.3 is 0 Å². The van der Waals surface area contributed by atoms with Crippen LogP contribution in [0.3, 0.4) is 0 Å². The quantitative estimate of drug-likeness (QED) is 0.346. The summed E-state index contributed by atoms with van der Waals surface area (Å²) in [7, 11) is 0. The molecular formula is C25H19ClN4O. The van der Waals surface area contributed by atoms with Crippen LogP contribution in [0.4, 0.5) is 0 Å². The van der Waals surface area contributed by atoms with Crippen molar-refractivity contribution in [1.29, 1.82) is 0 Å². The van der Waals surface area contributed by atoms with Crippen molar-refractivity contribution in [2.24, 2.45) is 0 Å². The van der Waals surface area contributed by atoms with Gasteiger partial charge in [-0.05, 0) is 54.1 Å². The Morgan fingerprint density at radius 2 is 1.81 bits per heavy atom. The first-order valence-electron chi connectivity index (χ1n) is 9.95. The molecule has 0 aliphatic rings. The Bertz CT molecular complexity index is 1330. The summed E-state index contributed by atoms with van der Waals surface area (Å²) in [6, 6.07) is 23.9. The molecule has 0 amide bonds. The number of pyridine rings is 2. The lowest BCUT2D eigenvalue weighted by Gasteiger charge is -2.08. The zero-order valence-electron chi connectivity index (χ0n) is 16.6. The minimum atomic E-state index is 0.419. The molecule has 0 atom stereocenters. The Hall–Kier alpha value is -3.70. The highest BCUT2D eigenvalue weighted by Crippen LogP contribution is 2.26. The zero-order valence-corrected chi connectivity index (χ0v) is 17.4. The van der Waals surface area contributed by atoms with Crippen LogP contribution >= 0.6 is 11.6 Å². The van der Waals surface area contributed by atoms with Crippen molar-refractivity contribution >= 4 is 22.5 Å². The molecule has 31 heavy (non-hydrogen) atoms. The van der Waals surface area contributed by atoms with Gasteiger partial charge in [0.1, 0.15) is 17.5 Å². The minimum absolute atomic E-state index is 0.419. The van der Waals surface area contributed by atoms with Crippen molar-refractivity contribution in [3.05, 3.63) is 107 Å². The van der Waals surface area contributed by atoms with Crippen LogP contribution in [0, 0.1) is 0 Å². The molecule has 0 aliphatic carbocycles. The number of nitrogens with one attached hydrogen (secondary N) is 1. The molecule has 0 aliphatic heterocycles. The first-order valence-corrected chi connectivity index (χ1v) is 10.3. The first-order chi connectivity index (χ1) is 15.2. The van der Waals surface area contributed by atoms with E-state index in [4.69, 9.17) is 16.3 Å². The third-order valence-electron chi connectivity index (χ3n) is 5.09. The predicted molar refractivity (Wildman–Crippen MR) is 122 cm³/mol. The van der Waals surface area contributed by atoms with Crippen LogP contribution in [0.5, 0.6) is 5.75 Å². The second-order valence-electron chi connectivity index (χ2n) is 7.24. The Kier molecular flexibility index (Phi) is 5.33. The minimum Gasteiger partial charge on any atom is -0.487 e. The number of hydrogen-bond acceptors (Lipinski definition) is 4. The highest BCUT2D eigenvalue weighted by molar-refractivity contribution is 6.29. The van der Waals surface area contributed by atoms with E-state index in [1.54, 1.807) is 6.20 Å². The highest BCUT2D eigenvalue weighted by Gasteiger charge is 2.10. The largest absolute Gasteiger partial charge is 0.487 e. The summed E-state index contributed by atoms with van der Waals surface area (Å²) in [4.78, 5) is 8.69. The van der Waals surface area contributed by atoms with Crippen molar-refractivity contribution < 1.29 is 4.74 Å². The van der Waals surface area contributed by atoms with Crippen LogP contribution in [-0.4, -0.2) is 20.2 Å². The summed E-state index contributed by atoms with van der Waals surface area (Å²) in [5.74, 6) is 0.792. The molecule has 0 radical (unpaired) electrons. The van der Waals surface area contributed by atoms with Crippen molar-refractivity contribution in [2.75, 3.05) is 0 Å². The third kappa shape index (κ3) is 4.42. The SMILES string of the molecule is Clc1cc(Cc2cn[nH]c2-c2ccc(OCc3ccc4ccccc4n3)cc2)ccn1. The fourth-order valence-electron chi connectivity index (χ4n) is 3.53. The average molecular weight is 427 g/mol. The number of nitrogens with zero attached hydrogens (tertiary/aromatic N) is 3. The summed E-state index contributed by atoms with van der Waals surface area (Å²) in [6.07, 6.45) is 4.29. The molecule has 0 unspecified atom stereocenters. The van der Waals surface area contributed by atoms with E-state index in [1.165, 1.54) is 0 Å². The van der Waals surface area contributed by atoms with Gasteiger partial charge in [0.15, 0.2) is 0 Å². The van der Waals surface area contributed by atoms with Gasteiger partial charge in [-0.2, -0.15) is 5.10 Å². The van der Waals surface area contributed by atoms with E-state index in [-0.39, 0.29) is 0 Å². The van der Waals surface area contributed by atoms with Gasteiger partial charge in [-0.25, -0.2) is 9.97 Å². The smallest absolute Gasteiger partial charge is 0.130 e. The molecule has 0 saturated carbocycles.